The van der Waals surface area contributed by atoms with Crippen molar-refractivity contribution in [2.24, 2.45) is 0 Å². The van der Waals surface area contributed by atoms with Crippen LogP contribution in [0.15, 0.2) is 18.2 Å². The highest BCUT2D eigenvalue weighted by Crippen LogP contribution is 2.41. The molecule has 1 atom stereocenters. The maximum absolute atomic E-state index is 12.9. The van der Waals surface area contributed by atoms with Crippen LogP contribution < -0.4 is 20.1 Å². The fourth-order valence-electron chi connectivity index (χ4n) is 3.74. The smallest absolute Gasteiger partial charge is 0.256 e. The normalized spacial score (nSPS) is 18.9. The first-order valence-corrected chi connectivity index (χ1v) is 10.2. The lowest BCUT2D eigenvalue weighted by Gasteiger charge is -2.28. The Labute approximate surface area is 163 Å². The first-order valence-electron chi connectivity index (χ1n) is 9.39. The third-order valence-electron chi connectivity index (χ3n) is 5.18. The van der Waals surface area contributed by atoms with E-state index in [-0.39, 0.29) is 12.1 Å². The van der Waals surface area contributed by atoms with E-state index < -0.39 is 0 Å². The first-order chi connectivity index (χ1) is 13.1. The standard InChI is InChI=1S/C20H25N3O3S/c1-4-23-9-8-13-16(11-23)27-20-17(13)19(24)21-18(22-20)12-6-7-14(26-5-2)15(10-12)25-3/h6-7,10,18,22H,4-5,8-9,11H2,1-3H3,(H,21,24)/t18-/m0/s1. The van der Waals surface area contributed by atoms with Crippen molar-refractivity contribution < 1.29 is 14.3 Å². The molecule has 6 nitrogen and oxygen atoms in total. The number of methoxy groups -OCH3 is 1. The number of ether oxygens (including phenoxy) is 2. The summed E-state index contributed by atoms with van der Waals surface area (Å²) in [7, 11) is 1.62. The van der Waals surface area contributed by atoms with E-state index >= 15 is 0 Å². The number of likely N-dealkylation sites (N-methyl/N-ethyl adjacent to an activating group) is 1. The first kappa shape index (κ1) is 18.1. The molecule has 0 fully saturated rings. The predicted molar refractivity (Wildman–Crippen MR) is 107 cm³/mol. The topological polar surface area (TPSA) is 62.8 Å². The number of hydrogen-bond acceptors (Lipinski definition) is 6. The third-order valence-corrected chi connectivity index (χ3v) is 6.33. The Balaban J connectivity index is 1.62. The Morgan fingerprint density at radius 1 is 1.26 bits per heavy atom. The number of nitrogens with zero attached hydrogens (tertiary/aromatic N) is 1. The van der Waals surface area contributed by atoms with Gasteiger partial charge < -0.3 is 20.1 Å². The molecule has 2 N–H and O–H groups in total. The van der Waals surface area contributed by atoms with Gasteiger partial charge in [-0.3, -0.25) is 9.69 Å². The molecule has 1 aromatic carbocycles. The maximum atomic E-state index is 12.9. The molecule has 0 spiro atoms. The van der Waals surface area contributed by atoms with Gasteiger partial charge in [0.1, 0.15) is 11.2 Å². The van der Waals surface area contributed by atoms with Crippen LogP contribution in [0.1, 0.15) is 46.4 Å². The highest BCUT2D eigenvalue weighted by molar-refractivity contribution is 7.16. The fourth-order valence-corrected chi connectivity index (χ4v) is 5.06. The fraction of sp³-hybridized carbons (Fsp3) is 0.450. The van der Waals surface area contributed by atoms with Gasteiger partial charge in [-0.1, -0.05) is 13.0 Å². The van der Waals surface area contributed by atoms with Gasteiger partial charge in [0.25, 0.3) is 5.91 Å². The van der Waals surface area contributed by atoms with Crippen LogP contribution in [-0.2, 0) is 13.0 Å². The van der Waals surface area contributed by atoms with Crippen LogP contribution in [0.5, 0.6) is 11.5 Å². The number of amides is 1. The number of nitrogens with one attached hydrogen (secondary N) is 2. The van der Waals surface area contributed by atoms with E-state index in [1.54, 1.807) is 18.4 Å². The zero-order valence-electron chi connectivity index (χ0n) is 15.9. The summed E-state index contributed by atoms with van der Waals surface area (Å²) in [6.07, 6.45) is 0.656. The van der Waals surface area contributed by atoms with Gasteiger partial charge in [0.05, 0.1) is 19.3 Å². The van der Waals surface area contributed by atoms with Crippen LogP contribution >= 0.6 is 11.3 Å². The van der Waals surface area contributed by atoms with Crippen LogP contribution in [0, 0.1) is 0 Å². The lowest BCUT2D eigenvalue weighted by molar-refractivity contribution is 0.0934. The molecule has 0 bridgehead atoms. The Hall–Kier alpha value is -2.25. The number of anilines is 1. The number of rotatable bonds is 5. The molecule has 0 saturated carbocycles. The summed E-state index contributed by atoms with van der Waals surface area (Å²) in [5.41, 5.74) is 2.99. The van der Waals surface area contributed by atoms with Gasteiger partial charge in [-0.25, -0.2) is 0 Å². The lowest BCUT2D eigenvalue weighted by atomic mass is 10.0. The van der Waals surface area contributed by atoms with Crippen LogP contribution in [0.4, 0.5) is 5.00 Å². The maximum Gasteiger partial charge on any atom is 0.256 e. The minimum atomic E-state index is -0.281. The second kappa shape index (κ2) is 7.40. The van der Waals surface area contributed by atoms with Crippen molar-refractivity contribution in [3.63, 3.8) is 0 Å². The van der Waals surface area contributed by atoms with Gasteiger partial charge in [0, 0.05) is 18.0 Å². The van der Waals surface area contributed by atoms with E-state index in [0.717, 1.165) is 42.2 Å². The average Bonchev–Trinajstić information content (AvgIpc) is 3.06. The Morgan fingerprint density at radius 2 is 2.11 bits per heavy atom. The highest BCUT2D eigenvalue weighted by Gasteiger charge is 2.33. The second-order valence-corrected chi connectivity index (χ2v) is 7.83. The van der Waals surface area contributed by atoms with E-state index in [2.05, 4.69) is 22.5 Å². The molecule has 27 heavy (non-hydrogen) atoms. The monoisotopic (exact) mass is 387 g/mol. The molecule has 0 radical (unpaired) electrons. The van der Waals surface area contributed by atoms with Gasteiger partial charge >= 0.3 is 0 Å². The SMILES string of the molecule is CCOc1ccc([C@H]2NC(=O)c3c(sc4c3CCN(CC)C4)N2)cc1OC. The molecule has 2 aliphatic heterocycles. The van der Waals surface area contributed by atoms with Crippen molar-refractivity contribution in [2.45, 2.75) is 33.0 Å². The largest absolute Gasteiger partial charge is 0.493 e. The molecule has 1 aromatic heterocycles. The van der Waals surface area contributed by atoms with Gasteiger partial charge in [-0.05, 0) is 43.1 Å². The van der Waals surface area contributed by atoms with E-state index in [4.69, 9.17) is 9.47 Å². The summed E-state index contributed by atoms with van der Waals surface area (Å²) in [6.45, 7) is 7.68. The van der Waals surface area contributed by atoms with E-state index in [1.165, 1.54) is 10.4 Å². The zero-order chi connectivity index (χ0) is 19.0. The molecule has 1 amide bonds. The number of thiophene rings is 1. The van der Waals surface area contributed by atoms with Gasteiger partial charge in [-0.15, -0.1) is 11.3 Å². The number of benzene rings is 1. The third kappa shape index (κ3) is 3.26. The van der Waals surface area contributed by atoms with Crippen molar-refractivity contribution in [3.8, 4) is 11.5 Å². The van der Waals surface area contributed by atoms with Gasteiger partial charge in [0.2, 0.25) is 0 Å². The Kier molecular flexibility index (Phi) is 4.97. The van der Waals surface area contributed by atoms with E-state index in [9.17, 15) is 4.79 Å². The minimum Gasteiger partial charge on any atom is -0.493 e. The molecule has 144 valence electrons. The number of hydrogen-bond donors (Lipinski definition) is 2. The van der Waals surface area contributed by atoms with Gasteiger partial charge in [0.15, 0.2) is 11.5 Å². The van der Waals surface area contributed by atoms with Crippen molar-refractivity contribution in [2.75, 3.05) is 32.1 Å². The molecular weight excluding hydrogens is 362 g/mol. The second-order valence-electron chi connectivity index (χ2n) is 6.72. The van der Waals surface area contributed by atoms with Gasteiger partial charge in [-0.2, -0.15) is 0 Å². The molecule has 3 heterocycles. The average molecular weight is 388 g/mol. The van der Waals surface area contributed by atoms with Crippen molar-refractivity contribution in [1.82, 2.24) is 10.2 Å². The highest BCUT2D eigenvalue weighted by atomic mass is 32.1. The van der Waals surface area contributed by atoms with E-state index in [1.807, 2.05) is 25.1 Å². The number of carbonyl (C=O) groups is 1. The summed E-state index contributed by atoms with van der Waals surface area (Å²) < 4.78 is 11.0. The summed E-state index contributed by atoms with van der Waals surface area (Å²) >= 11 is 1.71. The summed E-state index contributed by atoms with van der Waals surface area (Å²) in [6, 6.07) is 5.77. The molecule has 0 saturated heterocycles. The molecule has 2 aliphatic rings. The predicted octanol–water partition coefficient (Wildman–Crippen LogP) is 3.39. The summed E-state index contributed by atoms with van der Waals surface area (Å²) in [4.78, 5) is 16.6. The number of fused-ring (bicyclic) bond motifs is 3. The van der Waals surface area contributed by atoms with Crippen LogP contribution in [0.2, 0.25) is 0 Å². The van der Waals surface area contributed by atoms with Crippen molar-refractivity contribution in [1.29, 1.82) is 0 Å². The Bertz CT molecular complexity index is 864. The molecular formula is C20H25N3O3S. The summed E-state index contributed by atoms with van der Waals surface area (Å²) in [5, 5.41) is 7.58. The molecule has 7 heteroatoms. The van der Waals surface area contributed by atoms with Crippen LogP contribution in [0.3, 0.4) is 0 Å². The molecule has 4 rings (SSSR count). The number of carbonyl (C=O) groups excluding carboxylic acids is 1. The lowest BCUT2D eigenvalue weighted by Crippen LogP contribution is -2.38. The Morgan fingerprint density at radius 3 is 2.85 bits per heavy atom. The molecule has 0 aliphatic carbocycles. The van der Waals surface area contributed by atoms with Crippen molar-refractivity contribution in [3.05, 3.63) is 39.8 Å². The van der Waals surface area contributed by atoms with E-state index in [0.29, 0.717) is 18.1 Å². The summed E-state index contributed by atoms with van der Waals surface area (Å²) in [5.74, 6) is 1.38. The minimum absolute atomic E-state index is 0.00375. The van der Waals surface area contributed by atoms with Crippen LogP contribution in [0.25, 0.3) is 0 Å². The zero-order valence-corrected chi connectivity index (χ0v) is 16.7. The molecule has 0 unspecified atom stereocenters. The quantitative estimate of drug-likeness (QED) is 0.823. The van der Waals surface area contributed by atoms with Crippen molar-refractivity contribution >= 4 is 22.2 Å². The van der Waals surface area contributed by atoms with Crippen LogP contribution in [-0.4, -0.2) is 37.6 Å². The molecule has 2 aromatic rings.